The molecule has 0 saturated carbocycles. The number of rotatable bonds is 1. The predicted octanol–water partition coefficient (Wildman–Crippen LogP) is 4.24. The molecule has 0 aliphatic rings. The van der Waals surface area contributed by atoms with Gasteiger partial charge in [0.25, 0.3) is 0 Å². The molecule has 0 saturated heterocycles. The number of halogens is 6. The summed E-state index contributed by atoms with van der Waals surface area (Å²) in [6.07, 6.45) is -9.90. The van der Waals surface area contributed by atoms with Crippen LogP contribution in [-0.4, -0.2) is 5.78 Å². The molecule has 0 N–H and O–H groups in total. The first kappa shape index (κ1) is 14.5. The normalized spacial score (nSPS) is 12.7. The third kappa shape index (κ3) is 2.83. The van der Waals surface area contributed by atoms with Crippen molar-refractivity contribution in [3.63, 3.8) is 0 Å². The Morgan fingerprint density at radius 3 is 1.83 bits per heavy atom. The maximum absolute atomic E-state index is 12.6. The zero-order valence-corrected chi connectivity index (χ0v) is 9.33. The van der Waals surface area contributed by atoms with Crippen LogP contribution in [0.2, 0.25) is 0 Å². The molecule has 0 bridgehead atoms. The van der Waals surface area contributed by atoms with Gasteiger partial charge >= 0.3 is 12.4 Å². The van der Waals surface area contributed by atoms with Crippen LogP contribution in [0.4, 0.5) is 26.3 Å². The van der Waals surface area contributed by atoms with E-state index in [0.717, 1.165) is 13.8 Å². The van der Waals surface area contributed by atoms with Gasteiger partial charge in [-0.15, -0.1) is 0 Å². The first-order valence-electron chi connectivity index (χ1n) is 4.74. The number of alkyl halides is 6. The third-order valence-electron chi connectivity index (χ3n) is 2.32. The number of ketones is 1. The Balaban J connectivity index is 3.64. The van der Waals surface area contributed by atoms with Gasteiger partial charge in [0.1, 0.15) is 0 Å². The van der Waals surface area contributed by atoms with Gasteiger partial charge in [0, 0.05) is 5.56 Å². The first-order valence-corrected chi connectivity index (χ1v) is 4.74. The number of hydrogen-bond donors (Lipinski definition) is 0. The summed E-state index contributed by atoms with van der Waals surface area (Å²) >= 11 is 0. The predicted molar refractivity (Wildman–Crippen MR) is 51.2 cm³/mol. The van der Waals surface area contributed by atoms with Crippen molar-refractivity contribution in [3.05, 3.63) is 34.4 Å². The number of carbonyl (C=O) groups excluding carboxylic acids is 1. The van der Waals surface area contributed by atoms with E-state index >= 15 is 0 Å². The van der Waals surface area contributed by atoms with Crippen molar-refractivity contribution in [2.24, 2.45) is 0 Å². The van der Waals surface area contributed by atoms with E-state index in [9.17, 15) is 31.1 Å². The van der Waals surface area contributed by atoms with Crippen LogP contribution in [-0.2, 0) is 12.4 Å². The lowest BCUT2D eigenvalue weighted by Gasteiger charge is -2.16. The number of Topliss-reactive ketones (excluding diaryl/α,β-unsaturated/α-hetero) is 1. The van der Waals surface area contributed by atoms with Crippen molar-refractivity contribution in [1.82, 2.24) is 0 Å². The van der Waals surface area contributed by atoms with E-state index in [2.05, 4.69) is 0 Å². The van der Waals surface area contributed by atoms with Gasteiger partial charge in [-0.3, -0.25) is 4.79 Å². The molecule has 1 aromatic rings. The highest BCUT2D eigenvalue weighted by Crippen LogP contribution is 2.38. The molecule has 0 aliphatic heterocycles. The Kier molecular flexibility index (Phi) is 3.47. The monoisotopic (exact) mass is 270 g/mol. The summed E-state index contributed by atoms with van der Waals surface area (Å²) in [6.45, 7) is 1.92. The average molecular weight is 270 g/mol. The largest absolute Gasteiger partial charge is 0.417 e. The number of hydrogen-bond acceptors (Lipinski definition) is 1. The van der Waals surface area contributed by atoms with Gasteiger partial charge in [0.2, 0.25) is 0 Å². The van der Waals surface area contributed by atoms with E-state index in [1.807, 2.05) is 0 Å². The fraction of sp³-hybridized carbons (Fsp3) is 0.364. The molecule has 0 aromatic heterocycles. The van der Waals surface area contributed by atoms with Crippen LogP contribution in [0, 0.1) is 6.92 Å². The van der Waals surface area contributed by atoms with E-state index in [-0.39, 0.29) is 11.6 Å². The minimum absolute atomic E-state index is 0.0380. The molecular weight excluding hydrogens is 262 g/mol. The van der Waals surface area contributed by atoms with Gasteiger partial charge in [-0.25, -0.2) is 0 Å². The van der Waals surface area contributed by atoms with Gasteiger partial charge in [-0.1, -0.05) is 0 Å². The summed E-state index contributed by atoms with van der Waals surface area (Å²) in [5, 5.41) is 0. The third-order valence-corrected chi connectivity index (χ3v) is 2.32. The molecule has 0 radical (unpaired) electrons. The molecule has 0 heterocycles. The van der Waals surface area contributed by atoms with Crippen LogP contribution in [0.15, 0.2) is 12.1 Å². The topological polar surface area (TPSA) is 17.1 Å². The van der Waals surface area contributed by atoms with E-state index in [4.69, 9.17) is 0 Å². The lowest BCUT2D eigenvalue weighted by atomic mass is 9.95. The van der Waals surface area contributed by atoms with Crippen LogP contribution >= 0.6 is 0 Å². The van der Waals surface area contributed by atoms with E-state index in [1.54, 1.807) is 0 Å². The molecule has 1 rings (SSSR count). The van der Waals surface area contributed by atoms with Crippen LogP contribution < -0.4 is 0 Å². The lowest BCUT2D eigenvalue weighted by Crippen LogP contribution is -2.16. The highest BCUT2D eigenvalue weighted by molar-refractivity contribution is 5.97. The SMILES string of the molecule is CC(=O)c1c(C)cc(C(F)(F)F)cc1C(F)(F)F. The number of aryl methyl sites for hydroxylation is 1. The van der Waals surface area contributed by atoms with Gasteiger partial charge in [-0.05, 0) is 31.5 Å². The standard InChI is InChI=1S/C11H8F6O/c1-5-3-7(10(12,13)14)4-8(11(15,16)17)9(5)6(2)18/h3-4H,1-2H3. The van der Waals surface area contributed by atoms with Gasteiger partial charge in [0.05, 0.1) is 11.1 Å². The van der Waals surface area contributed by atoms with Crippen LogP contribution in [0.1, 0.15) is 34.0 Å². The highest BCUT2D eigenvalue weighted by Gasteiger charge is 2.39. The summed E-state index contributed by atoms with van der Waals surface area (Å²) in [5.41, 5.74) is -4.04. The molecule has 0 aliphatic carbocycles. The minimum atomic E-state index is -5.01. The van der Waals surface area contributed by atoms with Crippen molar-refractivity contribution in [2.75, 3.05) is 0 Å². The summed E-state index contributed by atoms with van der Waals surface area (Å²) in [4.78, 5) is 11.1. The smallest absolute Gasteiger partial charge is 0.294 e. The minimum Gasteiger partial charge on any atom is -0.294 e. The number of carbonyl (C=O) groups is 1. The Morgan fingerprint density at radius 2 is 1.50 bits per heavy atom. The molecule has 0 amide bonds. The molecule has 0 atom stereocenters. The van der Waals surface area contributed by atoms with Crippen molar-refractivity contribution in [2.45, 2.75) is 26.2 Å². The maximum atomic E-state index is 12.6. The number of benzene rings is 1. The molecule has 0 spiro atoms. The second-order valence-electron chi connectivity index (χ2n) is 3.77. The lowest BCUT2D eigenvalue weighted by molar-refractivity contribution is -0.143. The Labute approximate surface area is 98.4 Å². The molecule has 100 valence electrons. The Hall–Kier alpha value is -1.53. The van der Waals surface area contributed by atoms with E-state index in [0.29, 0.717) is 6.07 Å². The van der Waals surface area contributed by atoms with Crippen LogP contribution in [0.5, 0.6) is 0 Å². The molecule has 0 fully saturated rings. The van der Waals surface area contributed by atoms with Crippen molar-refractivity contribution in [3.8, 4) is 0 Å². The van der Waals surface area contributed by atoms with Gasteiger partial charge < -0.3 is 0 Å². The van der Waals surface area contributed by atoms with Crippen molar-refractivity contribution >= 4 is 5.78 Å². The highest BCUT2D eigenvalue weighted by atomic mass is 19.4. The summed E-state index contributed by atoms with van der Waals surface area (Å²) in [6, 6.07) is 0.496. The zero-order valence-electron chi connectivity index (χ0n) is 9.33. The molecule has 1 nitrogen and oxygen atoms in total. The zero-order chi connectivity index (χ0) is 14.3. The van der Waals surface area contributed by atoms with E-state index < -0.39 is 34.8 Å². The average Bonchev–Trinajstić information content (AvgIpc) is 2.12. The summed E-state index contributed by atoms with van der Waals surface area (Å²) in [5.74, 6) is -0.923. The maximum Gasteiger partial charge on any atom is 0.417 e. The van der Waals surface area contributed by atoms with Gasteiger partial charge in [0.15, 0.2) is 5.78 Å². The molecule has 1 aromatic carbocycles. The summed E-state index contributed by atoms with van der Waals surface area (Å²) < 4.78 is 75.2. The van der Waals surface area contributed by atoms with Crippen molar-refractivity contribution in [1.29, 1.82) is 0 Å². The van der Waals surface area contributed by atoms with Crippen molar-refractivity contribution < 1.29 is 31.1 Å². The Bertz CT molecular complexity index is 484. The summed E-state index contributed by atoms with van der Waals surface area (Å²) in [7, 11) is 0. The molecule has 7 heteroatoms. The molecular formula is C11H8F6O. The second-order valence-corrected chi connectivity index (χ2v) is 3.77. The van der Waals surface area contributed by atoms with Crippen LogP contribution in [0.3, 0.4) is 0 Å². The quantitative estimate of drug-likeness (QED) is 0.551. The van der Waals surface area contributed by atoms with Crippen LogP contribution in [0.25, 0.3) is 0 Å². The second kappa shape index (κ2) is 4.29. The first-order chi connectivity index (χ1) is 7.94. The Morgan fingerprint density at radius 1 is 1.00 bits per heavy atom. The van der Waals surface area contributed by atoms with Gasteiger partial charge in [-0.2, -0.15) is 26.3 Å². The molecule has 0 unspecified atom stereocenters. The fourth-order valence-corrected chi connectivity index (χ4v) is 1.64. The fourth-order valence-electron chi connectivity index (χ4n) is 1.64. The molecule has 18 heavy (non-hydrogen) atoms. The van der Waals surface area contributed by atoms with E-state index in [1.165, 1.54) is 0 Å².